The number of sulfonamides is 1. The molecule has 1 heterocycles. The van der Waals surface area contributed by atoms with Crippen LogP contribution in [-0.2, 0) is 10.0 Å². The van der Waals surface area contributed by atoms with Gasteiger partial charge in [-0.3, -0.25) is 0 Å². The molecule has 1 aromatic heterocycles. The van der Waals surface area contributed by atoms with E-state index in [1.165, 1.54) is 6.07 Å². The molecule has 0 atom stereocenters. The second-order valence-electron chi connectivity index (χ2n) is 4.64. The molecule has 18 heavy (non-hydrogen) atoms. The zero-order valence-electron chi connectivity index (χ0n) is 9.79. The van der Waals surface area contributed by atoms with E-state index in [4.69, 9.17) is 23.2 Å². The van der Waals surface area contributed by atoms with Crippen molar-refractivity contribution in [2.75, 3.05) is 5.88 Å². The van der Waals surface area contributed by atoms with Crippen LogP contribution < -0.4 is 4.72 Å². The minimum atomic E-state index is -3.51. The molecule has 0 unspecified atom stereocenters. The molecule has 0 radical (unpaired) electrons. The monoisotopic (exact) mass is 327 g/mol. The first-order valence-corrected chi connectivity index (χ1v) is 9.04. The molecule has 1 aliphatic rings. The lowest BCUT2D eigenvalue weighted by Crippen LogP contribution is -2.50. The van der Waals surface area contributed by atoms with Gasteiger partial charge in [0.05, 0.1) is 4.34 Å². The van der Waals surface area contributed by atoms with Gasteiger partial charge in [-0.2, -0.15) is 0 Å². The van der Waals surface area contributed by atoms with E-state index >= 15 is 0 Å². The van der Waals surface area contributed by atoms with Gasteiger partial charge in [0.1, 0.15) is 4.21 Å². The summed E-state index contributed by atoms with van der Waals surface area (Å²) in [5.74, 6) is 0.311. The van der Waals surface area contributed by atoms with Crippen LogP contribution in [0.1, 0.15) is 32.1 Å². The van der Waals surface area contributed by atoms with E-state index in [1.54, 1.807) is 6.07 Å². The van der Waals surface area contributed by atoms with Gasteiger partial charge < -0.3 is 0 Å². The van der Waals surface area contributed by atoms with Crippen molar-refractivity contribution in [2.24, 2.45) is 0 Å². The number of halogens is 2. The fourth-order valence-corrected chi connectivity index (χ4v) is 5.62. The first-order chi connectivity index (χ1) is 8.47. The van der Waals surface area contributed by atoms with E-state index in [-0.39, 0.29) is 4.21 Å². The number of thiophene rings is 1. The highest BCUT2D eigenvalue weighted by Gasteiger charge is 2.36. The summed E-state index contributed by atoms with van der Waals surface area (Å²) >= 11 is 12.8. The highest BCUT2D eigenvalue weighted by atomic mass is 35.5. The summed E-state index contributed by atoms with van der Waals surface area (Å²) in [6, 6.07) is 3.12. The topological polar surface area (TPSA) is 46.2 Å². The van der Waals surface area contributed by atoms with Gasteiger partial charge >= 0.3 is 0 Å². The summed E-state index contributed by atoms with van der Waals surface area (Å²) in [5.41, 5.74) is -0.491. The Labute approximate surface area is 122 Å². The smallest absolute Gasteiger partial charge is 0.206 e. The Balaban J connectivity index is 2.21. The number of hydrogen-bond acceptors (Lipinski definition) is 3. The lowest BCUT2D eigenvalue weighted by molar-refractivity contribution is 0.298. The molecular formula is C11H15Cl2NO2S2. The molecular weight excluding hydrogens is 313 g/mol. The van der Waals surface area contributed by atoms with Crippen molar-refractivity contribution in [3.05, 3.63) is 16.5 Å². The van der Waals surface area contributed by atoms with Crippen molar-refractivity contribution in [3.8, 4) is 0 Å². The Bertz CT molecular complexity index is 507. The lowest BCUT2D eigenvalue weighted by Gasteiger charge is -2.35. The van der Waals surface area contributed by atoms with E-state index in [0.717, 1.165) is 43.4 Å². The number of alkyl halides is 1. The molecule has 1 saturated carbocycles. The minimum Gasteiger partial charge on any atom is -0.206 e. The lowest BCUT2D eigenvalue weighted by atomic mass is 9.84. The second kappa shape index (κ2) is 5.67. The van der Waals surface area contributed by atoms with Gasteiger partial charge in [-0.25, -0.2) is 13.1 Å². The van der Waals surface area contributed by atoms with Crippen LogP contribution in [0.2, 0.25) is 4.34 Å². The zero-order valence-corrected chi connectivity index (χ0v) is 12.9. The summed E-state index contributed by atoms with van der Waals surface area (Å²) in [6.07, 6.45) is 4.77. The molecule has 0 amide bonds. The first kappa shape index (κ1) is 14.6. The van der Waals surface area contributed by atoms with Gasteiger partial charge in [-0.1, -0.05) is 30.9 Å². The van der Waals surface area contributed by atoms with Crippen LogP contribution in [0.3, 0.4) is 0 Å². The maximum Gasteiger partial charge on any atom is 0.250 e. The highest BCUT2D eigenvalue weighted by molar-refractivity contribution is 7.91. The molecule has 2 rings (SSSR count). The molecule has 1 N–H and O–H groups in total. The van der Waals surface area contributed by atoms with Crippen molar-refractivity contribution >= 4 is 44.6 Å². The van der Waals surface area contributed by atoms with Crippen LogP contribution in [-0.4, -0.2) is 19.8 Å². The predicted molar refractivity (Wildman–Crippen MR) is 76.2 cm³/mol. The molecule has 0 bridgehead atoms. The molecule has 102 valence electrons. The molecule has 0 aliphatic heterocycles. The quantitative estimate of drug-likeness (QED) is 0.858. The third kappa shape index (κ3) is 3.20. The Hall–Kier alpha value is 0.190. The molecule has 1 aliphatic carbocycles. The minimum absolute atomic E-state index is 0.252. The standard InChI is InChI=1S/C11H15Cl2NO2S2/c12-8-11(6-2-1-3-7-11)14-18(15,16)10-5-4-9(13)17-10/h4-5,14H,1-3,6-8H2. The Kier molecular flexibility index (Phi) is 4.60. The Morgan fingerprint density at radius 2 is 1.94 bits per heavy atom. The normalized spacial score (nSPS) is 19.9. The van der Waals surface area contributed by atoms with Crippen molar-refractivity contribution < 1.29 is 8.42 Å². The van der Waals surface area contributed by atoms with Crippen molar-refractivity contribution in [1.29, 1.82) is 0 Å². The van der Waals surface area contributed by atoms with Crippen LogP contribution in [0.15, 0.2) is 16.3 Å². The van der Waals surface area contributed by atoms with Gasteiger partial charge in [0, 0.05) is 11.4 Å². The largest absolute Gasteiger partial charge is 0.250 e. The fraction of sp³-hybridized carbons (Fsp3) is 0.636. The van der Waals surface area contributed by atoms with Crippen LogP contribution in [0.5, 0.6) is 0 Å². The maximum atomic E-state index is 12.3. The zero-order chi connectivity index (χ0) is 13.2. The molecule has 0 aromatic carbocycles. The van der Waals surface area contributed by atoms with Gasteiger partial charge in [0.2, 0.25) is 0 Å². The van der Waals surface area contributed by atoms with Gasteiger partial charge in [-0.15, -0.1) is 22.9 Å². The van der Waals surface area contributed by atoms with Crippen LogP contribution in [0.25, 0.3) is 0 Å². The van der Waals surface area contributed by atoms with E-state index in [0.29, 0.717) is 10.2 Å². The average molecular weight is 328 g/mol. The summed E-state index contributed by atoms with van der Waals surface area (Å²) in [7, 11) is -3.51. The molecule has 7 heteroatoms. The van der Waals surface area contributed by atoms with Gasteiger partial charge in [-0.05, 0) is 25.0 Å². The molecule has 1 aromatic rings. The van der Waals surface area contributed by atoms with Crippen molar-refractivity contribution in [1.82, 2.24) is 4.72 Å². The van der Waals surface area contributed by atoms with Crippen molar-refractivity contribution in [2.45, 2.75) is 41.9 Å². The third-order valence-corrected chi connectivity index (χ3v) is 7.04. The number of nitrogens with one attached hydrogen (secondary N) is 1. The summed E-state index contributed by atoms with van der Waals surface area (Å²) in [6.45, 7) is 0. The molecule has 1 fully saturated rings. The van der Waals surface area contributed by atoms with Crippen molar-refractivity contribution in [3.63, 3.8) is 0 Å². The Morgan fingerprint density at radius 1 is 1.28 bits per heavy atom. The predicted octanol–water partition coefficient (Wildman–Crippen LogP) is 3.62. The molecule has 0 spiro atoms. The first-order valence-electron chi connectivity index (χ1n) is 5.83. The fourth-order valence-electron chi connectivity index (χ4n) is 2.27. The second-order valence-corrected chi connectivity index (χ2v) is 8.53. The maximum absolute atomic E-state index is 12.3. The number of hydrogen-bond donors (Lipinski definition) is 1. The summed E-state index contributed by atoms with van der Waals surface area (Å²) in [4.78, 5) is 0. The third-order valence-electron chi connectivity index (χ3n) is 3.23. The molecule has 3 nitrogen and oxygen atoms in total. The Morgan fingerprint density at radius 3 is 2.44 bits per heavy atom. The van der Waals surface area contributed by atoms with E-state index < -0.39 is 15.6 Å². The average Bonchev–Trinajstić information content (AvgIpc) is 2.77. The van der Waals surface area contributed by atoms with Crippen LogP contribution in [0, 0.1) is 0 Å². The van der Waals surface area contributed by atoms with E-state index in [9.17, 15) is 8.42 Å². The SMILES string of the molecule is O=S(=O)(NC1(CCl)CCCCC1)c1ccc(Cl)s1. The summed E-state index contributed by atoms with van der Waals surface area (Å²) < 4.78 is 28.0. The van der Waals surface area contributed by atoms with Gasteiger partial charge in [0.25, 0.3) is 10.0 Å². The van der Waals surface area contributed by atoms with E-state index in [1.807, 2.05) is 0 Å². The summed E-state index contributed by atoms with van der Waals surface area (Å²) in [5, 5.41) is 0. The molecule has 0 saturated heterocycles. The number of rotatable bonds is 4. The van der Waals surface area contributed by atoms with Crippen LogP contribution in [0.4, 0.5) is 0 Å². The van der Waals surface area contributed by atoms with E-state index in [2.05, 4.69) is 4.72 Å². The highest BCUT2D eigenvalue weighted by Crippen LogP contribution is 2.32. The van der Waals surface area contributed by atoms with Gasteiger partial charge in [0.15, 0.2) is 0 Å². The van der Waals surface area contributed by atoms with Crippen LogP contribution >= 0.6 is 34.5 Å².